The minimum atomic E-state index is -4.27. The van der Waals surface area contributed by atoms with Crippen LogP contribution in [0.2, 0.25) is 0 Å². The number of rotatable bonds is 4. The monoisotopic (exact) mass is 457 g/mol. The van der Waals surface area contributed by atoms with Gasteiger partial charge in [-0.15, -0.1) is 0 Å². The molecule has 3 aliphatic heterocycles. The number of ether oxygens (including phenoxy) is 1. The van der Waals surface area contributed by atoms with Crippen LogP contribution in [0.15, 0.2) is 59.5 Å². The van der Waals surface area contributed by atoms with Crippen LogP contribution in [0.25, 0.3) is 0 Å². The normalized spacial score (nSPS) is 20.4. The predicted molar refractivity (Wildman–Crippen MR) is 122 cm³/mol. The van der Waals surface area contributed by atoms with Gasteiger partial charge in [-0.3, -0.25) is 14.4 Å². The molecule has 2 aromatic carbocycles. The number of nitrogens with zero attached hydrogens (tertiary/aromatic N) is 3. The Balaban J connectivity index is 0.000000189. The van der Waals surface area contributed by atoms with Crippen molar-refractivity contribution in [2.45, 2.75) is 37.4 Å². The number of hydrogen-bond acceptors (Lipinski definition) is 6. The van der Waals surface area contributed by atoms with Gasteiger partial charge in [0, 0.05) is 12.8 Å². The molecule has 3 aliphatic rings. The molecule has 7 nitrogen and oxygen atoms in total. The SMILES string of the molecule is Cc1ccc(S(=O)(=O)[O-])cc1.c1ccc(COC2CN3CCCN4CCC[N+](=C43)C2)cc1. The lowest BCUT2D eigenvalue weighted by Crippen LogP contribution is -2.63. The van der Waals surface area contributed by atoms with Crippen LogP contribution in [0.3, 0.4) is 0 Å². The molecule has 8 heteroatoms. The summed E-state index contributed by atoms with van der Waals surface area (Å²) >= 11 is 0. The van der Waals surface area contributed by atoms with E-state index >= 15 is 0 Å². The summed E-state index contributed by atoms with van der Waals surface area (Å²) in [5.74, 6) is 1.48. The summed E-state index contributed by atoms with van der Waals surface area (Å²) in [5, 5.41) is 0. The van der Waals surface area contributed by atoms with Crippen molar-refractivity contribution in [2.75, 3.05) is 39.3 Å². The van der Waals surface area contributed by atoms with Crippen LogP contribution in [-0.4, -0.2) is 78.7 Å². The maximum Gasteiger partial charge on any atom is 0.350 e. The average Bonchev–Trinajstić information content (AvgIpc) is 2.79. The average molecular weight is 458 g/mol. The van der Waals surface area contributed by atoms with Gasteiger partial charge in [0.25, 0.3) is 0 Å². The Labute approximate surface area is 190 Å². The molecule has 1 saturated heterocycles. The lowest BCUT2D eigenvalue weighted by atomic mass is 10.1. The van der Waals surface area contributed by atoms with E-state index in [1.165, 1.54) is 62.7 Å². The molecule has 0 aromatic heterocycles. The molecule has 3 heterocycles. The first-order chi connectivity index (χ1) is 15.4. The van der Waals surface area contributed by atoms with E-state index in [-0.39, 0.29) is 4.90 Å². The standard InChI is InChI=1S/C17H24N3O.C7H8O3S/c1-2-6-15(7-3-1)14-21-16-12-19-10-4-8-18-9-5-11-20(13-16)17(18)19;1-6-2-4-7(5-3-6)11(8,9)10/h1-3,6-7,16H,4-5,8-14H2;2-5H,1H3,(H,8,9,10)/q+1;/p-1. The zero-order chi connectivity index (χ0) is 22.6. The van der Waals surface area contributed by atoms with Crippen LogP contribution < -0.4 is 0 Å². The second-order valence-electron chi connectivity index (χ2n) is 8.57. The summed E-state index contributed by atoms with van der Waals surface area (Å²) < 4.78 is 39.9. The van der Waals surface area contributed by atoms with Crippen molar-refractivity contribution in [3.05, 3.63) is 65.7 Å². The third-order valence-electron chi connectivity index (χ3n) is 6.05. The van der Waals surface area contributed by atoms with Crippen molar-refractivity contribution >= 4 is 16.1 Å². The van der Waals surface area contributed by atoms with Crippen LogP contribution in [-0.2, 0) is 21.5 Å². The summed E-state index contributed by atoms with van der Waals surface area (Å²) in [7, 11) is -4.27. The van der Waals surface area contributed by atoms with Gasteiger partial charge in [0.15, 0.2) is 0 Å². The molecule has 172 valence electrons. The van der Waals surface area contributed by atoms with Crippen molar-refractivity contribution in [1.29, 1.82) is 0 Å². The zero-order valence-corrected chi connectivity index (χ0v) is 19.3. The van der Waals surface area contributed by atoms with Crippen molar-refractivity contribution in [3.63, 3.8) is 0 Å². The Morgan fingerprint density at radius 2 is 1.69 bits per heavy atom. The van der Waals surface area contributed by atoms with Gasteiger partial charge in [0.2, 0.25) is 0 Å². The molecule has 2 aromatic rings. The molecular formula is C24H31N3O4S. The zero-order valence-electron chi connectivity index (χ0n) is 18.5. The molecule has 1 fully saturated rings. The van der Waals surface area contributed by atoms with E-state index in [1.54, 1.807) is 12.1 Å². The fourth-order valence-corrected chi connectivity index (χ4v) is 4.98. The van der Waals surface area contributed by atoms with E-state index in [9.17, 15) is 13.0 Å². The largest absolute Gasteiger partial charge is 0.744 e. The van der Waals surface area contributed by atoms with Gasteiger partial charge in [-0.2, -0.15) is 0 Å². The van der Waals surface area contributed by atoms with Crippen LogP contribution >= 0.6 is 0 Å². The van der Waals surface area contributed by atoms with Gasteiger partial charge >= 0.3 is 5.96 Å². The van der Waals surface area contributed by atoms with Crippen LogP contribution in [0, 0.1) is 6.92 Å². The van der Waals surface area contributed by atoms with E-state index in [0.717, 1.165) is 25.3 Å². The third kappa shape index (κ3) is 5.68. The molecule has 0 amide bonds. The van der Waals surface area contributed by atoms with Gasteiger partial charge in [0.1, 0.15) is 16.2 Å². The first-order valence-electron chi connectivity index (χ1n) is 11.2. The molecule has 0 aliphatic carbocycles. The Kier molecular flexibility index (Phi) is 7.13. The van der Waals surface area contributed by atoms with Crippen molar-refractivity contribution in [1.82, 2.24) is 9.80 Å². The minimum Gasteiger partial charge on any atom is -0.744 e. The van der Waals surface area contributed by atoms with E-state index in [4.69, 9.17) is 4.74 Å². The van der Waals surface area contributed by atoms with Crippen molar-refractivity contribution in [2.24, 2.45) is 0 Å². The molecule has 0 saturated carbocycles. The molecule has 1 atom stereocenters. The number of benzene rings is 2. The Bertz CT molecular complexity index is 1040. The fourth-order valence-electron chi connectivity index (χ4n) is 4.51. The second kappa shape index (κ2) is 10.0. The number of aryl methyl sites for hydroxylation is 1. The van der Waals surface area contributed by atoms with Gasteiger partial charge in [-0.1, -0.05) is 48.0 Å². The van der Waals surface area contributed by atoms with Crippen LogP contribution in [0.1, 0.15) is 24.0 Å². The molecule has 5 rings (SSSR count). The van der Waals surface area contributed by atoms with Crippen LogP contribution in [0.5, 0.6) is 0 Å². The Morgan fingerprint density at radius 1 is 1.00 bits per heavy atom. The van der Waals surface area contributed by atoms with Crippen molar-refractivity contribution in [3.8, 4) is 0 Å². The molecule has 32 heavy (non-hydrogen) atoms. The van der Waals surface area contributed by atoms with E-state index < -0.39 is 10.1 Å². The summed E-state index contributed by atoms with van der Waals surface area (Å²) in [6.45, 7) is 9.49. The second-order valence-corrected chi connectivity index (χ2v) is 9.95. The van der Waals surface area contributed by atoms with E-state index in [1.807, 2.05) is 6.92 Å². The van der Waals surface area contributed by atoms with Gasteiger partial charge in [-0.05, 0) is 24.6 Å². The van der Waals surface area contributed by atoms with E-state index in [0.29, 0.717) is 6.10 Å². The minimum absolute atomic E-state index is 0.178. The third-order valence-corrected chi connectivity index (χ3v) is 6.90. The molecule has 0 radical (unpaired) electrons. The summed E-state index contributed by atoms with van der Waals surface area (Å²) in [6.07, 6.45) is 2.89. The number of hydrogen-bond donors (Lipinski definition) is 0. The Hall–Kier alpha value is -2.42. The molecule has 0 bridgehead atoms. The summed E-state index contributed by atoms with van der Waals surface area (Å²) in [6, 6.07) is 16.3. The lowest BCUT2D eigenvalue weighted by Gasteiger charge is -2.42. The maximum atomic E-state index is 10.4. The first-order valence-corrected chi connectivity index (χ1v) is 12.6. The highest BCUT2D eigenvalue weighted by Gasteiger charge is 2.41. The highest BCUT2D eigenvalue weighted by atomic mass is 32.2. The molecule has 0 N–H and O–H groups in total. The molecular weight excluding hydrogens is 426 g/mol. The summed E-state index contributed by atoms with van der Waals surface area (Å²) in [5.41, 5.74) is 2.20. The first kappa shape index (κ1) is 22.8. The topological polar surface area (TPSA) is 75.9 Å². The smallest absolute Gasteiger partial charge is 0.350 e. The lowest BCUT2D eigenvalue weighted by molar-refractivity contribution is -0.560. The van der Waals surface area contributed by atoms with Gasteiger partial charge < -0.3 is 9.29 Å². The predicted octanol–water partition coefficient (Wildman–Crippen LogP) is 2.26. The Morgan fingerprint density at radius 3 is 2.41 bits per heavy atom. The van der Waals surface area contributed by atoms with Crippen molar-refractivity contribution < 1.29 is 22.3 Å². The molecule has 1 unspecified atom stereocenters. The molecule has 0 spiro atoms. The van der Waals surface area contributed by atoms with Gasteiger partial charge in [-0.25, -0.2) is 8.42 Å². The highest BCUT2D eigenvalue weighted by molar-refractivity contribution is 7.85. The highest BCUT2D eigenvalue weighted by Crippen LogP contribution is 2.19. The quantitative estimate of drug-likeness (QED) is 0.518. The number of guanidine groups is 1. The van der Waals surface area contributed by atoms with Crippen LogP contribution in [0.4, 0.5) is 0 Å². The summed E-state index contributed by atoms with van der Waals surface area (Å²) in [4.78, 5) is 4.94. The van der Waals surface area contributed by atoms with E-state index in [2.05, 4.69) is 44.7 Å². The maximum absolute atomic E-state index is 10.4. The fraction of sp³-hybridized carbons (Fsp3) is 0.458. The van der Waals surface area contributed by atoms with Gasteiger partial charge in [0.05, 0.1) is 50.8 Å².